The van der Waals surface area contributed by atoms with Crippen molar-refractivity contribution >= 4 is 16.1 Å². The van der Waals surface area contributed by atoms with E-state index in [9.17, 15) is 13.2 Å². The lowest BCUT2D eigenvalue weighted by atomic mass is 9.75. The Morgan fingerprint density at radius 1 is 1.29 bits per heavy atom. The first-order valence-electron chi connectivity index (χ1n) is 7.26. The Morgan fingerprint density at radius 2 is 1.81 bits per heavy atom. The van der Waals surface area contributed by atoms with Gasteiger partial charge in [0.25, 0.3) is 10.1 Å². The summed E-state index contributed by atoms with van der Waals surface area (Å²) in [5.41, 5.74) is 5.32. The van der Waals surface area contributed by atoms with Crippen LogP contribution in [0.1, 0.15) is 52.9 Å². The second-order valence-corrected chi connectivity index (χ2v) is 8.59. The molecule has 0 unspecified atom stereocenters. The first kappa shape index (κ1) is 18.4. The second kappa shape index (κ2) is 6.62. The van der Waals surface area contributed by atoms with E-state index in [1.54, 1.807) is 0 Å². The van der Waals surface area contributed by atoms with E-state index in [1.165, 1.54) is 0 Å². The summed E-state index contributed by atoms with van der Waals surface area (Å²) in [7, 11) is -3.43. The van der Waals surface area contributed by atoms with E-state index in [1.807, 2.05) is 20.8 Å². The summed E-state index contributed by atoms with van der Waals surface area (Å²) in [6.07, 6.45) is 4.18. The van der Waals surface area contributed by atoms with Crippen LogP contribution in [-0.2, 0) is 23.8 Å². The van der Waals surface area contributed by atoms with Crippen molar-refractivity contribution in [3.05, 3.63) is 0 Å². The number of carbonyl (C=O) groups is 1. The molecule has 21 heavy (non-hydrogen) atoms. The Bertz CT molecular complexity index is 458. The number of esters is 1. The third kappa shape index (κ3) is 7.24. The topological polar surface area (TPSA) is 95.7 Å². The van der Waals surface area contributed by atoms with E-state index in [4.69, 9.17) is 14.7 Å². The minimum atomic E-state index is -3.43. The first-order valence-corrected chi connectivity index (χ1v) is 9.08. The number of carbonyl (C=O) groups excluding carboxylic acids is 1. The molecular formula is C14H27NO5S. The zero-order chi connectivity index (χ0) is 16.3. The van der Waals surface area contributed by atoms with Crippen LogP contribution in [-0.4, -0.2) is 38.4 Å². The van der Waals surface area contributed by atoms with Gasteiger partial charge in [0.05, 0.1) is 18.8 Å². The van der Waals surface area contributed by atoms with Gasteiger partial charge < -0.3 is 10.5 Å². The van der Waals surface area contributed by atoms with Crippen molar-refractivity contribution < 1.29 is 22.1 Å². The van der Waals surface area contributed by atoms with Crippen LogP contribution < -0.4 is 5.73 Å². The van der Waals surface area contributed by atoms with Crippen LogP contribution in [0.4, 0.5) is 0 Å². The van der Waals surface area contributed by atoms with Crippen molar-refractivity contribution in [2.24, 2.45) is 11.7 Å². The fourth-order valence-electron chi connectivity index (χ4n) is 2.46. The molecule has 1 rings (SSSR count). The molecular weight excluding hydrogens is 294 g/mol. The Morgan fingerprint density at radius 3 is 2.24 bits per heavy atom. The molecule has 1 aliphatic carbocycles. The molecule has 0 heterocycles. The molecule has 0 aliphatic heterocycles. The standard InChI is InChI=1S/C14H27NO5S/c1-13(2,3)20-12(16)11-5-7-14(15,8-6-11)9-10-19-21(4,17)18/h11H,5-10,15H2,1-4H3. The van der Waals surface area contributed by atoms with Crippen LogP contribution in [0.2, 0.25) is 0 Å². The summed E-state index contributed by atoms with van der Waals surface area (Å²) in [5.74, 6) is -0.284. The molecule has 0 bridgehead atoms. The lowest BCUT2D eigenvalue weighted by molar-refractivity contribution is -0.161. The molecule has 1 fully saturated rings. The maximum Gasteiger partial charge on any atom is 0.309 e. The average molecular weight is 321 g/mol. The Labute approximate surface area is 127 Å². The van der Waals surface area contributed by atoms with Crippen LogP contribution in [0.3, 0.4) is 0 Å². The number of hydrogen-bond donors (Lipinski definition) is 1. The second-order valence-electron chi connectivity index (χ2n) is 6.95. The minimum Gasteiger partial charge on any atom is -0.460 e. The summed E-state index contributed by atoms with van der Waals surface area (Å²) in [6.45, 7) is 5.64. The number of rotatable bonds is 5. The van der Waals surface area contributed by atoms with Crippen molar-refractivity contribution in [2.45, 2.75) is 64.0 Å². The van der Waals surface area contributed by atoms with E-state index in [-0.39, 0.29) is 18.5 Å². The van der Waals surface area contributed by atoms with Crippen LogP contribution >= 0.6 is 0 Å². The molecule has 0 amide bonds. The number of hydrogen-bond acceptors (Lipinski definition) is 6. The molecule has 0 saturated heterocycles. The smallest absolute Gasteiger partial charge is 0.309 e. The van der Waals surface area contributed by atoms with Gasteiger partial charge in [0.15, 0.2) is 0 Å². The van der Waals surface area contributed by atoms with Gasteiger partial charge >= 0.3 is 5.97 Å². The maximum atomic E-state index is 12.0. The highest BCUT2D eigenvalue weighted by Gasteiger charge is 2.36. The zero-order valence-electron chi connectivity index (χ0n) is 13.3. The molecule has 0 atom stereocenters. The largest absolute Gasteiger partial charge is 0.460 e. The predicted molar refractivity (Wildman–Crippen MR) is 80.1 cm³/mol. The minimum absolute atomic E-state index is 0.0897. The molecule has 0 spiro atoms. The summed E-state index contributed by atoms with van der Waals surface area (Å²) in [6, 6.07) is 0. The van der Waals surface area contributed by atoms with Crippen LogP contribution in [0, 0.1) is 5.92 Å². The molecule has 2 N–H and O–H groups in total. The van der Waals surface area contributed by atoms with Crippen molar-refractivity contribution in [2.75, 3.05) is 12.9 Å². The molecule has 1 saturated carbocycles. The average Bonchev–Trinajstić information content (AvgIpc) is 2.25. The van der Waals surface area contributed by atoms with Gasteiger partial charge in [-0.25, -0.2) is 0 Å². The van der Waals surface area contributed by atoms with Crippen LogP contribution in [0.5, 0.6) is 0 Å². The fraction of sp³-hybridized carbons (Fsp3) is 0.929. The monoisotopic (exact) mass is 321 g/mol. The Balaban J connectivity index is 2.42. The van der Waals surface area contributed by atoms with E-state index in [0.29, 0.717) is 32.1 Å². The van der Waals surface area contributed by atoms with Gasteiger partial charge in [-0.1, -0.05) is 0 Å². The van der Waals surface area contributed by atoms with E-state index in [0.717, 1.165) is 6.26 Å². The van der Waals surface area contributed by atoms with Gasteiger partial charge in [0.1, 0.15) is 5.60 Å². The molecule has 1 aliphatic rings. The summed E-state index contributed by atoms with van der Waals surface area (Å²) < 4.78 is 32.0. The van der Waals surface area contributed by atoms with Gasteiger partial charge in [-0.2, -0.15) is 8.42 Å². The van der Waals surface area contributed by atoms with Crippen molar-refractivity contribution in [1.29, 1.82) is 0 Å². The lowest BCUT2D eigenvalue weighted by Gasteiger charge is -2.37. The van der Waals surface area contributed by atoms with E-state index < -0.39 is 21.3 Å². The molecule has 0 radical (unpaired) electrons. The third-order valence-corrected chi connectivity index (χ3v) is 4.21. The fourth-order valence-corrected chi connectivity index (χ4v) is 2.85. The van der Waals surface area contributed by atoms with Crippen molar-refractivity contribution in [1.82, 2.24) is 0 Å². The molecule has 0 aromatic heterocycles. The summed E-state index contributed by atoms with van der Waals surface area (Å²) in [5, 5.41) is 0. The highest BCUT2D eigenvalue weighted by molar-refractivity contribution is 7.85. The summed E-state index contributed by atoms with van der Waals surface area (Å²) in [4.78, 5) is 12.0. The van der Waals surface area contributed by atoms with Crippen molar-refractivity contribution in [3.63, 3.8) is 0 Å². The summed E-state index contributed by atoms with van der Waals surface area (Å²) >= 11 is 0. The maximum absolute atomic E-state index is 12.0. The highest BCUT2D eigenvalue weighted by atomic mass is 32.2. The van der Waals surface area contributed by atoms with Crippen molar-refractivity contribution in [3.8, 4) is 0 Å². The molecule has 6 nitrogen and oxygen atoms in total. The normalized spacial score (nSPS) is 27.4. The number of ether oxygens (including phenoxy) is 1. The van der Waals surface area contributed by atoms with E-state index >= 15 is 0 Å². The molecule has 124 valence electrons. The molecule has 0 aromatic rings. The molecule has 7 heteroatoms. The quantitative estimate of drug-likeness (QED) is 0.610. The van der Waals surface area contributed by atoms with Gasteiger partial charge in [0.2, 0.25) is 0 Å². The Hall–Kier alpha value is -0.660. The lowest BCUT2D eigenvalue weighted by Crippen LogP contribution is -2.46. The van der Waals surface area contributed by atoms with E-state index in [2.05, 4.69) is 0 Å². The first-order chi connectivity index (χ1) is 9.40. The van der Waals surface area contributed by atoms with Gasteiger partial charge in [-0.05, 0) is 52.9 Å². The van der Waals surface area contributed by atoms with Gasteiger partial charge in [0, 0.05) is 5.54 Å². The van der Waals surface area contributed by atoms with Crippen LogP contribution in [0.25, 0.3) is 0 Å². The Kier molecular flexibility index (Phi) is 5.80. The van der Waals surface area contributed by atoms with Crippen LogP contribution in [0.15, 0.2) is 0 Å². The zero-order valence-corrected chi connectivity index (χ0v) is 14.2. The SMILES string of the molecule is CC(C)(C)OC(=O)C1CCC(N)(CCOS(C)(=O)=O)CC1. The van der Waals surface area contributed by atoms with Gasteiger partial charge in [-0.15, -0.1) is 0 Å². The third-order valence-electron chi connectivity index (χ3n) is 3.62. The number of nitrogens with two attached hydrogens (primary N) is 1. The predicted octanol–water partition coefficient (Wildman–Crippen LogP) is 1.58. The highest BCUT2D eigenvalue weighted by Crippen LogP contribution is 2.34. The molecule has 0 aromatic carbocycles. The van der Waals surface area contributed by atoms with Gasteiger partial charge in [-0.3, -0.25) is 8.98 Å².